The minimum absolute atomic E-state index is 0.0542. The van der Waals surface area contributed by atoms with Gasteiger partial charge in [-0.25, -0.2) is 13.8 Å². The Kier molecular flexibility index (Phi) is 6.43. The van der Waals surface area contributed by atoms with Gasteiger partial charge in [0.05, 0.1) is 11.1 Å². The Morgan fingerprint density at radius 2 is 1.74 bits per heavy atom. The van der Waals surface area contributed by atoms with Crippen molar-refractivity contribution in [1.82, 2.24) is 14.9 Å². The number of alkyl halides is 3. The third-order valence-electron chi connectivity index (χ3n) is 5.18. The number of halogens is 5. The Morgan fingerprint density at radius 3 is 2.26 bits per heavy atom. The van der Waals surface area contributed by atoms with E-state index in [1.165, 1.54) is 32.9 Å². The van der Waals surface area contributed by atoms with Gasteiger partial charge in [-0.05, 0) is 29.7 Å². The third-order valence-corrected chi connectivity index (χ3v) is 5.18. The van der Waals surface area contributed by atoms with Crippen LogP contribution >= 0.6 is 0 Å². The molecule has 2 heterocycles. The zero-order valence-corrected chi connectivity index (χ0v) is 19.1. The summed E-state index contributed by atoms with van der Waals surface area (Å²) in [6.45, 7) is 3.89. The molecule has 0 fully saturated rings. The minimum Gasteiger partial charge on any atom is -0.363 e. The summed E-state index contributed by atoms with van der Waals surface area (Å²) >= 11 is 0. The molecule has 0 radical (unpaired) electrons. The van der Waals surface area contributed by atoms with E-state index in [0.29, 0.717) is 11.9 Å². The lowest BCUT2D eigenvalue weighted by atomic mass is 9.86. The molecule has 3 rings (SSSR count). The van der Waals surface area contributed by atoms with Crippen LogP contribution < -0.4 is 15.6 Å². The van der Waals surface area contributed by atoms with Gasteiger partial charge in [-0.15, -0.1) is 0 Å². The van der Waals surface area contributed by atoms with Crippen molar-refractivity contribution < 1.29 is 26.7 Å². The lowest BCUT2D eigenvalue weighted by molar-refractivity contribution is -0.174. The molecule has 1 N–H and O–H groups in total. The van der Waals surface area contributed by atoms with Gasteiger partial charge < -0.3 is 10.2 Å². The average molecular weight is 482 g/mol. The van der Waals surface area contributed by atoms with Crippen LogP contribution in [0.1, 0.15) is 31.1 Å². The van der Waals surface area contributed by atoms with Crippen LogP contribution in [0.15, 0.2) is 41.3 Å². The van der Waals surface area contributed by atoms with Gasteiger partial charge in [0, 0.05) is 26.4 Å². The molecule has 1 amide bonds. The molecule has 2 aromatic heterocycles. The Balaban J connectivity index is 2.28. The maximum Gasteiger partial charge on any atom is 0.409 e. The molecule has 0 bridgehead atoms. The molecule has 34 heavy (non-hydrogen) atoms. The van der Waals surface area contributed by atoms with Crippen molar-refractivity contribution >= 4 is 22.8 Å². The van der Waals surface area contributed by atoms with E-state index in [9.17, 15) is 31.5 Å². The molecule has 0 aliphatic carbocycles. The Hall–Kier alpha value is -3.50. The lowest BCUT2D eigenvalue weighted by Gasteiger charge is -2.33. The van der Waals surface area contributed by atoms with E-state index in [-0.39, 0.29) is 16.7 Å². The number of aromatic nitrogens is 2. The van der Waals surface area contributed by atoms with Gasteiger partial charge in [-0.1, -0.05) is 20.8 Å². The molecule has 0 saturated carbocycles. The summed E-state index contributed by atoms with van der Waals surface area (Å²) < 4.78 is 70.0. The summed E-state index contributed by atoms with van der Waals surface area (Å²) in [5, 5.41) is 1.77. The van der Waals surface area contributed by atoms with Crippen LogP contribution in [0.5, 0.6) is 0 Å². The van der Waals surface area contributed by atoms with E-state index >= 15 is 0 Å². The normalized spacial score (nSPS) is 13.1. The van der Waals surface area contributed by atoms with Gasteiger partial charge in [0.1, 0.15) is 29.1 Å². The summed E-state index contributed by atoms with van der Waals surface area (Å²) in [4.78, 5) is 31.9. The summed E-state index contributed by atoms with van der Waals surface area (Å²) in [7, 11) is 3.36. The molecule has 182 valence electrons. The smallest absolute Gasteiger partial charge is 0.363 e. The average Bonchev–Trinajstić information content (AvgIpc) is 2.70. The number of anilines is 1. The van der Waals surface area contributed by atoms with E-state index in [2.05, 4.69) is 4.98 Å². The Bertz CT molecular complexity index is 1300. The zero-order chi connectivity index (χ0) is 25.6. The first-order valence-corrected chi connectivity index (χ1v) is 10.2. The number of amides is 1. The van der Waals surface area contributed by atoms with Gasteiger partial charge in [0.2, 0.25) is 5.43 Å². The quantitative estimate of drug-likeness (QED) is 0.559. The Morgan fingerprint density at radius 1 is 1.09 bits per heavy atom. The maximum atomic E-state index is 14.7. The van der Waals surface area contributed by atoms with Gasteiger partial charge in [-0.3, -0.25) is 14.2 Å². The highest BCUT2D eigenvalue weighted by atomic mass is 19.4. The summed E-state index contributed by atoms with van der Waals surface area (Å²) in [5.74, 6) is -2.76. The topological polar surface area (TPSA) is 67.2 Å². The second-order valence-corrected chi connectivity index (χ2v) is 9.09. The highest BCUT2D eigenvalue weighted by Gasteiger charge is 2.48. The molecule has 6 nitrogen and oxygen atoms in total. The predicted molar refractivity (Wildman–Crippen MR) is 118 cm³/mol. The van der Waals surface area contributed by atoms with Crippen LogP contribution in [0.25, 0.3) is 16.7 Å². The largest absolute Gasteiger partial charge is 0.409 e. The van der Waals surface area contributed by atoms with Gasteiger partial charge in [0.25, 0.3) is 5.91 Å². The van der Waals surface area contributed by atoms with Crippen LogP contribution in [0.3, 0.4) is 0 Å². The molecular weight excluding hydrogens is 459 g/mol. The van der Waals surface area contributed by atoms with Gasteiger partial charge in [0.15, 0.2) is 5.65 Å². The molecule has 0 aliphatic rings. The first-order valence-electron chi connectivity index (χ1n) is 10.2. The molecule has 0 spiro atoms. The summed E-state index contributed by atoms with van der Waals surface area (Å²) in [5.41, 5.74) is -3.23. The molecule has 11 heteroatoms. The number of hydrogen-bond acceptors (Lipinski definition) is 4. The number of pyridine rings is 2. The lowest BCUT2D eigenvalue weighted by Crippen LogP contribution is -2.53. The predicted octanol–water partition coefficient (Wildman–Crippen LogP) is 4.44. The van der Waals surface area contributed by atoms with Crippen LogP contribution in [0.2, 0.25) is 0 Å². The summed E-state index contributed by atoms with van der Waals surface area (Å²) in [6.07, 6.45) is -3.87. The van der Waals surface area contributed by atoms with Crippen molar-refractivity contribution in [2.24, 2.45) is 5.41 Å². The van der Waals surface area contributed by atoms with Crippen molar-refractivity contribution in [3.8, 4) is 5.69 Å². The fourth-order valence-corrected chi connectivity index (χ4v) is 3.46. The summed E-state index contributed by atoms with van der Waals surface area (Å²) in [6, 6.07) is 3.22. The van der Waals surface area contributed by atoms with E-state index in [0.717, 1.165) is 22.9 Å². The van der Waals surface area contributed by atoms with Crippen LogP contribution in [-0.4, -0.2) is 41.8 Å². The van der Waals surface area contributed by atoms with Crippen LogP contribution in [0.4, 0.5) is 27.8 Å². The number of carbonyl (C=O) groups is 1. The molecule has 0 unspecified atom stereocenters. The standard InChI is InChI=1S/C23H23F5N4O2/c1-22(2,3)21(23(26,27)28)30-20(34)14-11-32(16-8-6-12(24)10-15(16)25)19-13(18(14)33)7-9-17(29-19)31(4)5/h6-11,21H,1-5H3,(H,30,34)/t21-/m1/s1. The zero-order valence-electron chi connectivity index (χ0n) is 19.1. The first kappa shape index (κ1) is 25.1. The second-order valence-electron chi connectivity index (χ2n) is 9.09. The number of nitrogens with zero attached hydrogens (tertiary/aromatic N) is 3. The number of carbonyl (C=O) groups excluding carboxylic acids is 1. The monoisotopic (exact) mass is 482 g/mol. The number of benzene rings is 1. The Labute approximate surface area is 192 Å². The first-order chi connectivity index (χ1) is 15.6. The third kappa shape index (κ3) is 4.87. The van der Waals surface area contributed by atoms with Crippen LogP contribution in [0, 0.1) is 17.0 Å². The number of hydrogen-bond donors (Lipinski definition) is 1. The minimum atomic E-state index is -4.78. The van der Waals surface area contributed by atoms with Gasteiger partial charge >= 0.3 is 6.18 Å². The number of fused-ring (bicyclic) bond motifs is 1. The maximum absolute atomic E-state index is 14.7. The SMILES string of the molecule is CN(C)c1ccc2c(=O)c(C(=O)N[C@H](C(C)(C)C)C(F)(F)F)cn(-c3ccc(F)cc3F)c2n1. The molecule has 3 aromatic rings. The van der Waals surface area contributed by atoms with E-state index in [1.54, 1.807) is 19.0 Å². The fourth-order valence-electron chi connectivity index (χ4n) is 3.46. The molecule has 0 saturated heterocycles. The van der Waals surface area contributed by atoms with Gasteiger partial charge in [-0.2, -0.15) is 13.2 Å². The highest BCUT2D eigenvalue weighted by molar-refractivity contribution is 5.97. The van der Waals surface area contributed by atoms with Crippen LogP contribution in [-0.2, 0) is 0 Å². The van der Waals surface area contributed by atoms with E-state index in [4.69, 9.17) is 0 Å². The molecule has 0 aliphatic heterocycles. The number of rotatable bonds is 4. The van der Waals surface area contributed by atoms with Crippen molar-refractivity contribution in [1.29, 1.82) is 0 Å². The highest BCUT2D eigenvalue weighted by Crippen LogP contribution is 2.33. The number of nitrogens with one attached hydrogen (secondary N) is 1. The van der Waals surface area contributed by atoms with Crippen molar-refractivity contribution in [3.63, 3.8) is 0 Å². The van der Waals surface area contributed by atoms with E-state index in [1.807, 2.05) is 5.32 Å². The molecule has 1 aromatic carbocycles. The second kappa shape index (κ2) is 8.69. The molecular formula is C23H23F5N4O2. The fraction of sp³-hybridized carbons (Fsp3) is 0.348. The molecule has 1 atom stereocenters. The van der Waals surface area contributed by atoms with Crippen molar-refractivity contribution in [2.75, 3.05) is 19.0 Å². The van der Waals surface area contributed by atoms with Crippen molar-refractivity contribution in [2.45, 2.75) is 33.0 Å². The van der Waals surface area contributed by atoms with Crippen molar-refractivity contribution in [3.05, 3.63) is 63.9 Å². The van der Waals surface area contributed by atoms with E-state index < -0.39 is 46.2 Å².